The van der Waals surface area contributed by atoms with Gasteiger partial charge in [0, 0.05) is 11.4 Å². The van der Waals surface area contributed by atoms with Gasteiger partial charge in [0.15, 0.2) is 0 Å². The fraction of sp³-hybridized carbons (Fsp3) is 0.286. The molecule has 7 heteroatoms. The van der Waals surface area contributed by atoms with Gasteiger partial charge in [-0.05, 0) is 49.2 Å². The first-order valence-electron chi connectivity index (χ1n) is 6.54. The Bertz CT molecular complexity index is 681. The molecule has 2 aromatic rings. The minimum atomic E-state index is -3.46. The zero-order valence-electron chi connectivity index (χ0n) is 11.4. The maximum absolute atomic E-state index is 12.1. The minimum absolute atomic E-state index is 0.271. The average Bonchev–Trinajstić information content (AvgIpc) is 2.85. The van der Waals surface area contributed by atoms with Gasteiger partial charge >= 0.3 is 0 Å². The van der Waals surface area contributed by atoms with E-state index in [9.17, 15) is 8.42 Å². The summed E-state index contributed by atoms with van der Waals surface area (Å²) < 4.78 is 27.6. The van der Waals surface area contributed by atoms with Crippen LogP contribution in [0.4, 0.5) is 0 Å². The Morgan fingerprint density at radius 2 is 1.81 bits per heavy atom. The van der Waals surface area contributed by atoms with Crippen LogP contribution in [-0.2, 0) is 22.9 Å². The summed E-state index contributed by atoms with van der Waals surface area (Å²) in [5, 5.41) is 0. The Morgan fingerprint density at radius 1 is 1.10 bits per heavy atom. The third-order valence-corrected chi connectivity index (χ3v) is 5.73. The first-order chi connectivity index (χ1) is 10.0. The maximum atomic E-state index is 12.1. The molecule has 1 aromatic heterocycles. The first-order valence-corrected chi connectivity index (χ1v) is 9.22. The van der Waals surface area contributed by atoms with Gasteiger partial charge in [0.25, 0.3) is 0 Å². The van der Waals surface area contributed by atoms with Crippen LogP contribution in [0.5, 0.6) is 0 Å². The molecule has 0 unspecified atom stereocenters. The number of benzene rings is 1. The van der Waals surface area contributed by atoms with Crippen molar-refractivity contribution >= 4 is 33.0 Å². The van der Waals surface area contributed by atoms with Gasteiger partial charge in [-0.2, -0.15) is 0 Å². The number of hydrogen-bond acceptors (Lipinski definition) is 4. The Hall–Kier alpha value is -0.920. The number of halogens is 1. The number of nitrogens with one attached hydrogen (secondary N) is 1. The minimum Gasteiger partial charge on any atom is -0.330 e. The molecule has 0 bridgehead atoms. The molecule has 0 aliphatic carbocycles. The Kier molecular flexibility index (Phi) is 5.78. The molecule has 0 amide bonds. The molecule has 0 atom stereocenters. The molecule has 0 radical (unpaired) electrons. The third kappa shape index (κ3) is 4.79. The normalized spacial score (nSPS) is 11.7. The molecule has 0 saturated carbocycles. The van der Waals surface area contributed by atoms with Crippen molar-refractivity contribution in [1.82, 2.24) is 4.72 Å². The molecule has 0 saturated heterocycles. The summed E-state index contributed by atoms with van der Waals surface area (Å²) in [6.07, 6.45) is 1.37. The Labute approximate surface area is 134 Å². The molecule has 1 heterocycles. The number of sulfonamides is 1. The van der Waals surface area contributed by atoms with Gasteiger partial charge in [0.2, 0.25) is 10.0 Å². The summed E-state index contributed by atoms with van der Waals surface area (Å²) in [4.78, 5) is 1.33. The highest BCUT2D eigenvalue weighted by Crippen LogP contribution is 2.21. The van der Waals surface area contributed by atoms with Crippen LogP contribution in [0.1, 0.15) is 10.4 Å². The maximum Gasteiger partial charge on any atom is 0.240 e. The van der Waals surface area contributed by atoms with E-state index in [0.29, 0.717) is 23.8 Å². The monoisotopic (exact) mass is 344 g/mol. The second-order valence-electron chi connectivity index (χ2n) is 4.54. The predicted molar refractivity (Wildman–Crippen MR) is 87.4 cm³/mol. The molecule has 3 N–H and O–H groups in total. The van der Waals surface area contributed by atoms with Gasteiger partial charge in [0.1, 0.15) is 0 Å². The van der Waals surface area contributed by atoms with Crippen molar-refractivity contribution in [3.05, 3.63) is 51.2 Å². The second kappa shape index (κ2) is 7.38. The van der Waals surface area contributed by atoms with Crippen molar-refractivity contribution in [3.63, 3.8) is 0 Å². The van der Waals surface area contributed by atoms with Crippen LogP contribution in [0.15, 0.2) is 41.3 Å². The smallest absolute Gasteiger partial charge is 0.240 e. The van der Waals surface area contributed by atoms with Gasteiger partial charge in [-0.3, -0.25) is 0 Å². The van der Waals surface area contributed by atoms with Crippen LogP contribution in [0.25, 0.3) is 0 Å². The van der Waals surface area contributed by atoms with Crippen molar-refractivity contribution in [1.29, 1.82) is 0 Å². The fourth-order valence-electron chi connectivity index (χ4n) is 1.88. The van der Waals surface area contributed by atoms with Crippen molar-refractivity contribution < 1.29 is 8.42 Å². The lowest BCUT2D eigenvalue weighted by atomic mass is 10.2. The van der Waals surface area contributed by atoms with E-state index in [4.69, 9.17) is 17.3 Å². The largest absolute Gasteiger partial charge is 0.330 e. The van der Waals surface area contributed by atoms with E-state index in [2.05, 4.69) is 4.72 Å². The van der Waals surface area contributed by atoms with E-state index in [1.54, 1.807) is 24.3 Å². The summed E-state index contributed by atoms with van der Waals surface area (Å²) >= 11 is 7.30. The molecule has 0 fully saturated rings. The quantitative estimate of drug-likeness (QED) is 0.810. The second-order valence-corrected chi connectivity index (χ2v) is 8.10. The average molecular weight is 345 g/mol. The lowest BCUT2D eigenvalue weighted by Crippen LogP contribution is -2.25. The van der Waals surface area contributed by atoms with Gasteiger partial charge in [0.05, 0.1) is 9.23 Å². The van der Waals surface area contributed by atoms with Gasteiger partial charge in [-0.1, -0.05) is 23.7 Å². The van der Waals surface area contributed by atoms with E-state index in [-0.39, 0.29) is 4.90 Å². The topological polar surface area (TPSA) is 72.2 Å². The van der Waals surface area contributed by atoms with Crippen LogP contribution < -0.4 is 10.5 Å². The predicted octanol–water partition coefficient (Wildman–Crippen LogP) is 2.42. The van der Waals surface area contributed by atoms with E-state index in [1.165, 1.54) is 11.3 Å². The standard InChI is InChI=1S/C14H17ClN2O2S2/c15-14-6-3-12(20-14)8-10-17-21(18,19)13-4-1-11(2-5-13)7-9-16/h1-6,17H,7-10,16H2. The number of thiophene rings is 1. The molecule has 0 aliphatic heterocycles. The number of nitrogens with two attached hydrogens (primary N) is 1. The van der Waals surface area contributed by atoms with Crippen molar-refractivity contribution in [2.75, 3.05) is 13.1 Å². The van der Waals surface area contributed by atoms with Crippen molar-refractivity contribution in [2.45, 2.75) is 17.7 Å². The van der Waals surface area contributed by atoms with Crippen LogP contribution in [0, 0.1) is 0 Å². The fourth-order valence-corrected chi connectivity index (χ4v) is 4.00. The molecule has 21 heavy (non-hydrogen) atoms. The number of hydrogen-bond donors (Lipinski definition) is 2. The summed E-state index contributed by atoms with van der Waals surface area (Å²) in [6, 6.07) is 10.5. The zero-order chi connectivity index (χ0) is 15.3. The van der Waals surface area contributed by atoms with Gasteiger partial charge < -0.3 is 5.73 Å². The van der Waals surface area contributed by atoms with Crippen LogP contribution in [0.2, 0.25) is 4.34 Å². The van der Waals surface area contributed by atoms with Crippen LogP contribution in [0.3, 0.4) is 0 Å². The summed E-state index contributed by atoms with van der Waals surface area (Å²) in [7, 11) is -3.46. The third-order valence-electron chi connectivity index (χ3n) is 2.96. The summed E-state index contributed by atoms with van der Waals surface area (Å²) in [5.41, 5.74) is 6.50. The van der Waals surface area contributed by atoms with Crippen molar-refractivity contribution in [2.24, 2.45) is 5.73 Å². The Morgan fingerprint density at radius 3 is 2.38 bits per heavy atom. The highest BCUT2D eigenvalue weighted by atomic mass is 35.5. The lowest BCUT2D eigenvalue weighted by Gasteiger charge is -2.07. The van der Waals surface area contributed by atoms with E-state index in [1.807, 2.05) is 12.1 Å². The molecule has 1 aromatic carbocycles. The Balaban J connectivity index is 1.94. The van der Waals surface area contributed by atoms with Gasteiger partial charge in [-0.15, -0.1) is 11.3 Å². The van der Waals surface area contributed by atoms with E-state index in [0.717, 1.165) is 16.9 Å². The van der Waals surface area contributed by atoms with Crippen LogP contribution >= 0.6 is 22.9 Å². The first kappa shape index (κ1) is 16.5. The van der Waals surface area contributed by atoms with E-state index < -0.39 is 10.0 Å². The molecular weight excluding hydrogens is 328 g/mol. The molecule has 0 aliphatic rings. The van der Waals surface area contributed by atoms with Crippen molar-refractivity contribution in [3.8, 4) is 0 Å². The van der Waals surface area contributed by atoms with E-state index >= 15 is 0 Å². The lowest BCUT2D eigenvalue weighted by molar-refractivity contribution is 0.582. The van der Waals surface area contributed by atoms with Gasteiger partial charge in [-0.25, -0.2) is 13.1 Å². The summed E-state index contributed by atoms with van der Waals surface area (Å²) in [5.74, 6) is 0. The van der Waals surface area contributed by atoms with Crippen LogP contribution in [-0.4, -0.2) is 21.5 Å². The SMILES string of the molecule is NCCc1ccc(S(=O)(=O)NCCc2ccc(Cl)s2)cc1. The summed E-state index contributed by atoms with van der Waals surface area (Å²) in [6.45, 7) is 0.900. The highest BCUT2D eigenvalue weighted by Gasteiger charge is 2.13. The molecule has 114 valence electrons. The molecule has 4 nitrogen and oxygen atoms in total. The number of rotatable bonds is 7. The molecule has 2 rings (SSSR count). The molecule has 0 spiro atoms. The molecular formula is C14H17ClN2O2S2. The zero-order valence-corrected chi connectivity index (χ0v) is 13.8. The highest BCUT2D eigenvalue weighted by molar-refractivity contribution is 7.89.